The minimum Gasteiger partial charge on any atom is -0.495 e. The lowest BCUT2D eigenvalue weighted by Gasteiger charge is -2.33. The van der Waals surface area contributed by atoms with E-state index in [-0.39, 0.29) is 11.4 Å². The van der Waals surface area contributed by atoms with Gasteiger partial charge in [-0.1, -0.05) is 42.5 Å². The van der Waals surface area contributed by atoms with E-state index < -0.39 is 15.9 Å². The number of ether oxygens (including phenoxy) is 3. The van der Waals surface area contributed by atoms with E-state index in [1.165, 1.54) is 25.6 Å². The maximum absolute atomic E-state index is 13.9. The first-order valence-electron chi connectivity index (χ1n) is 10.8. The standard InChI is InChI=1S/C26H26N2O6S/c1-17-19-14-23(33-3)24(34-4)15-21(19)28(16-18-10-6-5-7-11-18)35(30,31)25(17)26(29)27-20-12-8-9-13-22(20)32-2/h5-15H,16H2,1-4H3,(H,27,29). The van der Waals surface area contributed by atoms with Gasteiger partial charge in [0.15, 0.2) is 16.4 Å². The van der Waals surface area contributed by atoms with E-state index in [0.29, 0.717) is 39.8 Å². The normalized spacial score (nSPS) is 14.2. The minimum atomic E-state index is -4.24. The Labute approximate surface area is 204 Å². The van der Waals surface area contributed by atoms with Gasteiger partial charge in [0.2, 0.25) is 0 Å². The molecule has 8 nitrogen and oxygen atoms in total. The third-order valence-electron chi connectivity index (χ3n) is 5.79. The van der Waals surface area contributed by atoms with Gasteiger partial charge < -0.3 is 19.5 Å². The first-order valence-corrected chi connectivity index (χ1v) is 12.2. The monoisotopic (exact) mass is 494 g/mol. The van der Waals surface area contributed by atoms with Crippen molar-refractivity contribution < 1.29 is 27.4 Å². The molecule has 0 bridgehead atoms. The van der Waals surface area contributed by atoms with Crippen LogP contribution in [0.4, 0.5) is 11.4 Å². The third-order valence-corrected chi connectivity index (χ3v) is 7.71. The molecular weight excluding hydrogens is 468 g/mol. The van der Waals surface area contributed by atoms with Gasteiger partial charge in [-0.15, -0.1) is 0 Å². The molecule has 3 aromatic rings. The predicted molar refractivity (Wildman–Crippen MR) is 135 cm³/mol. The van der Waals surface area contributed by atoms with E-state index in [1.807, 2.05) is 30.3 Å². The highest BCUT2D eigenvalue weighted by Gasteiger charge is 2.40. The second-order valence-corrected chi connectivity index (χ2v) is 9.63. The van der Waals surface area contributed by atoms with Crippen LogP contribution >= 0.6 is 0 Å². The lowest BCUT2D eigenvalue weighted by Crippen LogP contribution is -2.39. The molecular formula is C26H26N2O6S. The van der Waals surface area contributed by atoms with Crippen LogP contribution < -0.4 is 23.8 Å². The number of nitrogens with one attached hydrogen (secondary N) is 1. The molecule has 0 aliphatic carbocycles. The van der Waals surface area contributed by atoms with Crippen LogP contribution in [0, 0.1) is 0 Å². The van der Waals surface area contributed by atoms with Crippen molar-refractivity contribution in [3.8, 4) is 17.2 Å². The van der Waals surface area contributed by atoms with Gasteiger partial charge in [-0.3, -0.25) is 9.10 Å². The Morgan fingerprint density at radius 3 is 2.11 bits per heavy atom. The molecule has 0 aromatic heterocycles. The molecule has 0 saturated carbocycles. The Hall–Kier alpha value is -3.98. The fourth-order valence-electron chi connectivity index (χ4n) is 4.06. The van der Waals surface area contributed by atoms with E-state index >= 15 is 0 Å². The van der Waals surface area contributed by atoms with Gasteiger partial charge in [0.05, 0.1) is 39.2 Å². The lowest BCUT2D eigenvalue weighted by atomic mass is 10.0. The summed E-state index contributed by atoms with van der Waals surface area (Å²) < 4.78 is 45.3. The van der Waals surface area contributed by atoms with Crippen molar-refractivity contribution in [2.45, 2.75) is 13.5 Å². The van der Waals surface area contributed by atoms with Crippen LogP contribution in [-0.4, -0.2) is 35.7 Å². The van der Waals surface area contributed by atoms with Gasteiger partial charge in [-0.25, -0.2) is 8.42 Å². The largest absolute Gasteiger partial charge is 0.495 e. The Balaban J connectivity index is 1.89. The number of carbonyl (C=O) groups is 1. The van der Waals surface area contributed by atoms with E-state index in [1.54, 1.807) is 43.3 Å². The van der Waals surface area contributed by atoms with Crippen molar-refractivity contribution in [2.75, 3.05) is 31.0 Å². The van der Waals surface area contributed by atoms with Crippen molar-refractivity contribution in [3.63, 3.8) is 0 Å². The average molecular weight is 495 g/mol. The number of hydrogen-bond acceptors (Lipinski definition) is 6. The van der Waals surface area contributed by atoms with E-state index in [9.17, 15) is 13.2 Å². The van der Waals surface area contributed by atoms with Crippen LogP contribution in [0.5, 0.6) is 17.2 Å². The number of carbonyl (C=O) groups excluding carboxylic acids is 1. The van der Waals surface area contributed by atoms with Crippen molar-refractivity contribution in [1.29, 1.82) is 0 Å². The first kappa shape index (κ1) is 24.2. The van der Waals surface area contributed by atoms with Gasteiger partial charge in [0.25, 0.3) is 15.9 Å². The van der Waals surface area contributed by atoms with Crippen LogP contribution in [0.2, 0.25) is 0 Å². The second-order valence-electron chi connectivity index (χ2n) is 7.83. The van der Waals surface area contributed by atoms with Crippen molar-refractivity contribution in [1.82, 2.24) is 0 Å². The Kier molecular flexibility index (Phi) is 6.70. The number of benzene rings is 3. The molecule has 1 heterocycles. The zero-order chi connectivity index (χ0) is 25.2. The number of methoxy groups -OCH3 is 3. The lowest BCUT2D eigenvalue weighted by molar-refractivity contribution is -0.112. The molecule has 0 spiro atoms. The highest BCUT2D eigenvalue weighted by atomic mass is 32.2. The highest BCUT2D eigenvalue weighted by Crippen LogP contribution is 2.45. The van der Waals surface area contributed by atoms with Gasteiger partial charge in [-0.2, -0.15) is 0 Å². The van der Waals surface area contributed by atoms with Crippen LogP contribution in [-0.2, 0) is 21.4 Å². The number of para-hydroxylation sites is 2. The van der Waals surface area contributed by atoms with Crippen LogP contribution in [0.1, 0.15) is 18.1 Å². The molecule has 3 aromatic carbocycles. The van der Waals surface area contributed by atoms with Crippen molar-refractivity contribution in [3.05, 3.63) is 82.8 Å². The van der Waals surface area contributed by atoms with Gasteiger partial charge in [-0.05, 0) is 36.3 Å². The molecule has 0 atom stereocenters. The molecule has 1 N–H and O–H groups in total. The SMILES string of the molecule is COc1ccccc1NC(=O)C1=C(C)c2cc(OC)c(OC)cc2N(Cc2ccccc2)S1(=O)=O. The molecule has 1 aliphatic heterocycles. The topological polar surface area (TPSA) is 94.2 Å². The molecule has 1 amide bonds. The summed E-state index contributed by atoms with van der Waals surface area (Å²) in [5.41, 5.74) is 2.39. The highest BCUT2D eigenvalue weighted by molar-refractivity contribution is 7.97. The number of allylic oxidation sites excluding steroid dienone is 1. The molecule has 0 unspecified atom stereocenters. The second kappa shape index (κ2) is 9.71. The van der Waals surface area contributed by atoms with Crippen LogP contribution in [0.25, 0.3) is 5.57 Å². The first-order chi connectivity index (χ1) is 16.8. The third kappa shape index (κ3) is 4.42. The Morgan fingerprint density at radius 2 is 1.46 bits per heavy atom. The van der Waals surface area contributed by atoms with Gasteiger partial charge in [0, 0.05) is 11.6 Å². The maximum atomic E-state index is 13.9. The van der Waals surface area contributed by atoms with Crippen LogP contribution in [0.15, 0.2) is 71.6 Å². The Bertz CT molecular complexity index is 1400. The fourth-order valence-corrected chi connectivity index (χ4v) is 5.80. The fraction of sp³-hybridized carbons (Fsp3) is 0.192. The summed E-state index contributed by atoms with van der Waals surface area (Å²) in [6.07, 6.45) is 0. The summed E-state index contributed by atoms with van der Waals surface area (Å²) in [7, 11) is 0.216. The number of nitrogens with zero attached hydrogens (tertiary/aromatic N) is 1. The van der Waals surface area contributed by atoms with Crippen molar-refractivity contribution in [2.24, 2.45) is 0 Å². The van der Waals surface area contributed by atoms with Crippen LogP contribution in [0.3, 0.4) is 0 Å². The number of anilines is 2. The molecule has 35 heavy (non-hydrogen) atoms. The number of sulfonamides is 1. The Morgan fingerprint density at radius 1 is 0.857 bits per heavy atom. The molecule has 4 rings (SSSR count). The minimum absolute atomic E-state index is 0.0321. The number of hydrogen-bond donors (Lipinski definition) is 1. The van der Waals surface area contributed by atoms with E-state index in [0.717, 1.165) is 5.56 Å². The zero-order valence-electron chi connectivity index (χ0n) is 19.9. The molecule has 0 saturated heterocycles. The predicted octanol–water partition coefficient (Wildman–Crippen LogP) is 4.43. The molecule has 182 valence electrons. The molecule has 9 heteroatoms. The van der Waals surface area contributed by atoms with Gasteiger partial charge >= 0.3 is 0 Å². The average Bonchev–Trinajstić information content (AvgIpc) is 2.86. The maximum Gasteiger partial charge on any atom is 0.270 e. The molecule has 1 aliphatic rings. The number of rotatable bonds is 7. The summed E-state index contributed by atoms with van der Waals surface area (Å²) in [6.45, 7) is 1.64. The quantitative estimate of drug-likeness (QED) is 0.522. The van der Waals surface area contributed by atoms with E-state index in [4.69, 9.17) is 14.2 Å². The van der Waals surface area contributed by atoms with E-state index in [2.05, 4.69) is 5.32 Å². The smallest absolute Gasteiger partial charge is 0.270 e. The summed E-state index contributed by atoms with van der Waals surface area (Å²) in [5.74, 6) is 0.467. The summed E-state index contributed by atoms with van der Waals surface area (Å²) >= 11 is 0. The summed E-state index contributed by atoms with van der Waals surface area (Å²) in [6, 6.07) is 19.3. The zero-order valence-corrected chi connectivity index (χ0v) is 20.7. The summed E-state index contributed by atoms with van der Waals surface area (Å²) in [4.78, 5) is 13.1. The van der Waals surface area contributed by atoms with Crippen molar-refractivity contribution >= 4 is 32.9 Å². The summed E-state index contributed by atoms with van der Waals surface area (Å²) in [5, 5.41) is 2.70. The van der Waals surface area contributed by atoms with Gasteiger partial charge in [0.1, 0.15) is 5.75 Å². The number of amides is 1. The molecule has 0 fully saturated rings. The number of fused-ring (bicyclic) bond motifs is 1. The molecule has 0 radical (unpaired) electrons.